The minimum absolute atomic E-state index is 0.103. The second kappa shape index (κ2) is 18.2. The Balaban J connectivity index is 0.966. The van der Waals surface area contributed by atoms with Gasteiger partial charge in [-0.1, -0.05) is 75.2 Å². The summed E-state index contributed by atoms with van der Waals surface area (Å²) in [4.78, 5) is 70.2. The number of benzene rings is 3. The Hall–Kier alpha value is -6.26. The average molecular weight is 861 g/mol. The van der Waals surface area contributed by atoms with E-state index < -0.39 is 30.1 Å². The molecule has 3 aromatic carbocycles. The topological polar surface area (TPSA) is 193 Å². The van der Waals surface area contributed by atoms with Crippen molar-refractivity contribution in [3.8, 4) is 33.6 Å². The van der Waals surface area contributed by atoms with E-state index >= 15 is 0 Å². The number of hydrazine groups is 1. The van der Waals surface area contributed by atoms with Crippen molar-refractivity contribution in [3.05, 3.63) is 84.7 Å². The molecule has 0 unspecified atom stereocenters. The van der Waals surface area contributed by atoms with E-state index in [0.717, 1.165) is 69.5 Å². The van der Waals surface area contributed by atoms with E-state index in [-0.39, 0.29) is 42.2 Å². The summed E-state index contributed by atoms with van der Waals surface area (Å²) in [6.45, 7) is 8.56. The van der Waals surface area contributed by atoms with Crippen LogP contribution in [0.1, 0.15) is 83.4 Å². The Morgan fingerprint density at radius 2 is 1.37 bits per heavy atom. The van der Waals surface area contributed by atoms with Gasteiger partial charge in [-0.2, -0.15) is 0 Å². The van der Waals surface area contributed by atoms with E-state index in [1.165, 1.54) is 19.2 Å². The zero-order chi connectivity index (χ0) is 44.4. The number of nitrogens with one attached hydrogen (secondary N) is 4. The van der Waals surface area contributed by atoms with Crippen molar-refractivity contribution in [3.63, 3.8) is 0 Å². The summed E-state index contributed by atoms with van der Waals surface area (Å²) in [5.41, 5.74) is 8.34. The molecule has 63 heavy (non-hydrogen) atoms. The third kappa shape index (κ3) is 9.00. The minimum atomic E-state index is -0.933. The van der Waals surface area contributed by atoms with Crippen LogP contribution in [0.15, 0.2) is 73.1 Å². The van der Waals surface area contributed by atoms with Crippen molar-refractivity contribution >= 4 is 34.8 Å². The molecule has 4 atom stereocenters. The molecule has 2 aromatic heterocycles. The van der Waals surface area contributed by atoms with E-state index in [2.05, 4.69) is 69.2 Å². The maximum absolute atomic E-state index is 14.0. The van der Waals surface area contributed by atoms with Crippen molar-refractivity contribution in [2.45, 2.75) is 89.6 Å². The third-order valence-corrected chi connectivity index (χ3v) is 12.6. The number of alkyl carbamates (subject to hydrolysis) is 1. The number of nitrogens with zero attached hydrogens (tertiary/aromatic N) is 4. The molecule has 3 aliphatic rings. The molecule has 8 rings (SSSR count). The maximum Gasteiger partial charge on any atom is 0.425 e. The van der Waals surface area contributed by atoms with Crippen LogP contribution in [0.4, 0.5) is 9.59 Å². The Bertz CT molecular complexity index is 2460. The zero-order valence-corrected chi connectivity index (χ0v) is 36.6. The first-order valence-electron chi connectivity index (χ1n) is 21.7. The first kappa shape index (κ1) is 43.4. The molecule has 16 nitrogen and oxygen atoms in total. The summed E-state index contributed by atoms with van der Waals surface area (Å²) < 4.78 is 21.6. The van der Waals surface area contributed by atoms with Gasteiger partial charge in [-0.25, -0.2) is 30.0 Å². The van der Waals surface area contributed by atoms with Crippen LogP contribution in [-0.2, 0) is 28.5 Å². The molecule has 1 saturated carbocycles. The Morgan fingerprint density at radius 1 is 0.778 bits per heavy atom. The molecule has 16 heteroatoms. The number of ether oxygens (including phenoxy) is 4. The molecule has 3 fully saturated rings. The number of imidazole rings is 2. The van der Waals surface area contributed by atoms with Gasteiger partial charge in [0, 0.05) is 29.9 Å². The maximum atomic E-state index is 14.0. The molecular weight excluding hydrogens is 805 g/mol. The molecule has 4 N–H and O–H groups in total. The Morgan fingerprint density at radius 3 is 2.03 bits per heavy atom. The molecule has 4 heterocycles. The summed E-state index contributed by atoms with van der Waals surface area (Å²) in [6, 6.07) is 19.5. The van der Waals surface area contributed by atoms with E-state index in [4.69, 9.17) is 28.9 Å². The minimum Gasteiger partial charge on any atom is -0.453 e. The van der Waals surface area contributed by atoms with Crippen LogP contribution in [0.5, 0.6) is 0 Å². The van der Waals surface area contributed by atoms with Gasteiger partial charge < -0.3 is 39.1 Å². The number of hydrogen-bond acceptors (Lipinski definition) is 10. The standard InChI is InChI=1S/C47H56N8O8/c1-27(2)40(52-45(58)60-5)44(57)54-26-47(62-19-20-63-47)23-39(54)42-49-24-37(51-42)30-13-11-29(12-14-30)31-15-16-33-22-34(18-17-32(33)21-31)38-25-48-41(50-38)35-9-7-8-10-36(35)43(56)55(28(3)4)53-46(59)61-6/h11-18,21-22,24-25,27-28,35-36,39-40H,7-10,19-20,23,26H2,1-6H3,(H,48,50)(H,49,51)(H,52,58)(H,53,59)/t35-,36+,39-,40-/m0/s1. The smallest absolute Gasteiger partial charge is 0.425 e. The predicted molar refractivity (Wildman–Crippen MR) is 235 cm³/mol. The number of carbonyl (C=O) groups excluding carboxylic acids is 4. The van der Waals surface area contributed by atoms with Crippen LogP contribution >= 0.6 is 0 Å². The molecule has 332 valence electrons. The SMILES string of the molecule is COC(=O)N[C@H](C(=O)N1CC2(C[C@H]1c1ncc(-c3ccc(-c4ccc5cc(-c6cnc([C@H]7CCCC[C@H]7C(=O)N(NC(=O)OC)C(C)C)[nH]6)ccc5c4)cc3)[nH]1)OCCO2)C(C)C. The fourth-order valence-corrected chi connectivity index (χ4v) is 9.17. The molecule has 1 spiro atoms. The highest BCUT2D eigenvalue weighted by atomic mass is 16.7. The lowest BCUT2D eigenvalue weighted by atomic mass is 9.78. The van der Waals surface area contributed by atoms with Gasteiger partial charge in [0.25, 0.3) is 0 Å². The van der Waals surface area contributed by atoms with Crippen molar-refractivity contribution < 1.29 is 38.1 Å². The highest BCUT2D eigenvalue weighted by Gasteiger charge is 2.53. The molecule has 0 bridgehead atoms. The summed E-state index contributed by atoms with van der Waals surface area (Å²) in [5, 5.41) is 6.25. The number of fused-ring (bicyclic) bond motifs is 1. The molecule has 0 radical (unpaired) electrons. The largest absolute Gasteiger partial charge is 0.453 e. The summed E-state index contributed by atoms with van der Waals surface area (Å²) in [7, 11) is 2.56. The number of aromatic amines is 2. The van der Waals surface area contributed by atoms with E-state index in [1.54, 1.807) is 11.1 Å². The van der Waals surface area contributed by atoms with Crippen LogP contribution in [0.25, 0.3) is 44.4 Å². The van der Waals surface area contributed by atoms with Crippen LogP contribution in [0.3, 0.4) is 0 Å². The van der Waals surface area contributed by atoms with Gasteiger partial charge >= 0.3 is 12.2 Å². The molecular formula is C47H56N8O8. The second-order valence-electron chi connectivity index (χ2n) is 17.3. The number of H-pyrrole nitrogens is 2. The lowest BCUT2D eigenvalue weighted by Crippen LogP contribution is -2.53. The van der Waals surface area contributed by atoms with E-state index in [9.17, 15) is 19.2 Å². The second-order valence-corrected chi connectivity index (χ2v) is 17.3. The fourth-order valence-electron chi connectivity index (χ4n) is 9.17. The van der Waals surface area contributed by atoms with Crippen LogP contribution in [-0.4, -0.2) is 106 Å². The summed E-state index contributed by atoms with van der Waals surface area (Å²) in [5.74, 6) is -0.564. The van der Waals surface area contributed by atoms with Crippen molar-refractivity contribution in [1.82, 2.24) is 40.6 Å². The summed E-state index contributed by atoms with van der Waals surface area (Å²) in [6.07, 6.45) is 6.14. The number of amides is 4. The number of carbonyl (C=O) groups is 4. The normalized spacial score (nSPS) is 20.0. The number of methoxy groups -OCH3 is 2. The lowest BCUT2D eigenvalue weighted by molar-refractivity contribution is -0.153. The number of aromatic nitrogens is 4. The van der Waals surface area contributed by atoms with Gasteiger partial charge in [-0.15, -0.1) is 0 Å². The van der Waals surface area contributed by atoms with Gasteiger partial charge in [0.05, 0.1) is 63.8 Å². The number of rotatable bonds is 10. The fraction of sp³-hybridized carbons (Fsp3) is 0.447. The first-order chi connectivity index (χ1) is 30.4. The van der Waals surface area contributed by atoms with Crippen molar-refractivity contribution in [1.29, 1.82) is 0 Å². The Kier molecular flexibility index (Phi) is 12.6. The molecule has 5 aromatic rings. The van der Waals surface area contributed by atoms with E-state index in [1.807, 2.05) is 46.0 Å². The molecule has 2 aliphatic heterocycles. The van der Waals surface area contributed by atoms with Crippen LogP contribution in [0.2, 0.25) is 0 Å². The number of likely N-dealkylation sites (tertiary alicyclic amines) is 1. The Labute approximate surface area is 366 Å². The van der Waals surface area contributed by atoms with Gasteiger partial charge in [0.15, 0.2) is 5.79 Å². The van der Waals surface area contributed by atoms with Crippen LogP contribution in [0, 0.1) is 11.8 Å². The highest BCUT2D eigenvalue weighted by Crippen LogP contribution is 2.43. The number of hydrogen-bond donors (Lipinski definition) is 4. The zero-order valence-electron chi connectivity index (χ0n) is 36.6. The molecule has 2 saturated heterocycles. The lowest BCUT2D eigenvalue weighted by Gasteiger charge is -2.35. The van der Waals surface area contributed by atoms with Gasteiger partial charge in [-0.05, 0) is 72.2 Å². The van der Waals surface area contributed by atoms with Crippen molar-refractivity contribution in [2.75, 3.05) is 34.0 Å². The summed E-state index contributed by atoms with van der Waals surface area (Å²) >= 11 is 0. The molecule has 1 aliphatic carbocycles. The third-order valence-electron chi connectivity index (χ3n) is 12.6. The first-order valence-corrected chi connectivity index (χ1v) is 21.7. The van der Waals surface area contributed by atoms with Crippen LogP contribution < -0.4 is 10.7 Å². The molecule has 4 amide bonds. The average Bonchev–Trinajstić information content (AvgIpc) is 4.14. The monoisotopic (exact) mass is 860 g/mol. The van der Waals surface area contributed by atoms with Crippen molar-refractivity contribution in [2.24, 2.45) is 11.8 Å². The van der Waals surface area contributed by atoms with E-state index in [0.29, 0.717) is 31.9 Å². The van der Waals surface area contributed by atoms with Gasteiger partial charge in [-0.3, -0.25) is 9.59 Å². The van der Waals surface area contributed by atoms with Gasteiger partial charge in [0.1, 0.15) is 17.7 Å². The highest BCUT2D eigenvalue weighted by molar-refractivity contribution is 5.91. The quantitative estimate of drug-likeness (QED) is 0.102. The van der Waals surface area contributed by atoms with Gasteiger partial charge in [0.2, 0.25) is 11.8 Å². The predicted octanol–water partition coefficient (Wildman–Crippen LogP) is 7.47.